The Kier molecular flexibility index (Phi) is 5.32. The average molecular weight is 358 g/mol. The van der Waals surface area contributed by atoms with Crippen molar-refractivity contribution in [1.82, 2.24) is 15.2 Å². The third-order valence-electron chi connectivity index (χ3n) is 3.43. The van der Waals surface area contributed by atoms with Crippen molar-refractivity contribution in [3.8, 4) is 0 Å². The lowest BCUT2D eigenvalue weighted by Crippen LogP contribution is -2.15. The van der Waals surface area contributed by atoms with Gasteiger partial charge in [-0.2, -0.15) is 0 Å². The summed E-state index contributed by atoms with van der Waals surface area (Å²) in [5.74, 6) is 1.04. The molecule has 0 radical (unpaired) electrons. The Bertz CT molecular complexity index is 827. The number of rotatable bonds is 6. The number of benzene rings is 1. The van der Waals surface area contributed by atoms with Crippen molar-refractivity contribution < 1.29 is 4.79 Å². The Morgan fingerprint density at radius 3 is 3.00 bits per heavy atom. The van der Waals surface area contributed by atoms with Crippen LogP contribution in [0.1, 0.15) is 21.8 Å². The van der Waals surface area contributed by atoms with Crippen LogP contribution in [-0.2, 0) is 11.2 Å². The molecule has 1 amide bonds. The summed E-state index contributed by atoms with van der Waals surface area (Å²) >= 11 is 3.02. The first-order valence-electron chi connectivity index (χ1n) is 7.54. The molecule has 0 spiro atoms. The minimum absolute atomic E-state index is 0.0571. The molecule has 5 nitrogen and oxygen atoms in total. The van der Waals surface area contributed by atoms with E-state index in [1.54, 1.807) is 11.3 Å². The number of anilines is 1. The van der Waals surface area contributed by atoms with Gasteiger partial charge >= 0.3 is 0 Å². The lowest BCUT2D eigenvalue weighted by atomic mass is 10.1. The first kappa shape index (κ1) is 16.7. The third kappa shape index (κ3) is 4.46. The van der Waals surface area contributed by atoms with E-state index in [0.29, 0.717) is 5.16 Å². The maximum Gasteiger partial charge on any atom is 0.234 e. The Morgan fingerprint density at radius 1 is 1.33 bits per heavy atom. The van der Waals surface area contributed by atoms with Crippen molar-refractivity contribution in [3.63, 3.8) is 0 Å². The average Bonchev–Trinajstić information content (AvgIpc) is 3.21. The molecular formula is C17H18N4OS2. The maximum absolute atomic E-state index is 12.1. The zero-order valence-electron chi connectivity index (χ0n) is 13.5. The van der Waals surface area contributed by atoms with Crippen molar-refractivity contribution >= 4 is 34.7 Å². The number of amides is 1. The van der Waals surface area contributed by atoms with Crippen molar-refractivity contribution in [2.75, 3.05) is 11.1 Å². The number of nitrogens with one attached hydrogen (secondary N) is 2. The number of carbonyl (C=O) groups excluding carboxylic acids is 1. The number of hydrogen-bond donors (Lipinski definition) is 2. The third-order valence-corrected chi connectivity index (χ3v) is 5.16. The zero-order valence-corrected chi connectivity index (χ0v) is 15.1. The quantitative estimate of drug-likeness (QED) is 0.658. The number of aromatic amines is 1. The summed E-state index contributed by atoms with van der Waals surface area (Å²) in [4.78, 5) is 17.8. The van der Waals surface area contributed by atoms with Crippen molar-refractivity contribution in [3.05, 3.63) is 57.5 Å². The number of carbonyl (C=O) groups is 1. The van der Waals surface area contributed by atoms with Gasteiger partial charge in [0.05, 0.1) is 5.75 Å². The van der Waals surface area contributed by atoms with Crippen molar-refractivity contribution in [2.45, 2.75) is 25.4 Å². The summed E-state index contributed by atoms with van der Waals surface area (Å²) in [6, 6.07) is 10.1. The lowest BCUT2D eigenvalue weighted by Gasteiger charge is -2.08. The molecule has 0 saturated heterocycles. The smallest absolute Gasteiger partial charge is 0.234 e. The molecule has 2 aromatic heterocycles. The van der Waals surface area contributed by atoms with Gasteiger partial charge in [0.25, 0.3) is 0 Å². The van der Waals surface area contributed by atoms with E-state index >= 15 is 0 Å². The lowest BCUT2D eigenvalue weighted by molar-refractivity contribution is -0.113. The van der Waals surface area contributed by atoms with Gasteiger partial charge < -0.3 is 5.32 Å². The van der Waals surface area contributed by atoms with Crippen LogP contribution in [0.5, 0.6) is 0 Å². The van der Waals surface area contributed by atoms with Gasteiger partial charge in [0.15, 0.2) is 0 Å². The molecule has 0 atom stereocenters. The fraction of sp³-hybridized carbons (Fsp3) is 0.235. The van der Waals surface area contributed by atoms with Crippen LogP contribution in [0.4, 0.5) is 5.69 Å². The van der Waals surface area contributed by atoms with Gasteiger partial charge in [-0.25, -0.2) is 4.98 Å². The molecule has 0 aliphatic carbocycles. The normalized spacial score (nSPS) is 10.8. The Morgan fingerprint density at radius 2 is 2.21 bits per heavy atom. The monoisotopic (exact) mass is 358 g/mol. The SMILES string of the molecule is Cc1ccc(C)c(NC(=O)CSc2n[nH]c(Cc3cccs3)n2)c1. The number of H-pyrrole nitrogens is 1. The highest BCUT2D eigenvalue weighted by molar-refractivity contribution is 7.99. The van der Waals surface area contributed by atoms with E-state index in [1.807, 2.05) is 43.5 Å². The first-order chi connectivity index (χ1) is 11.6. The maximum atomic E-state index is 12.1. The molecule has 3 rings (SSSR count). The molecule has 2 N–H and O–H groups in total. The fourth-order valence-electron chi connectivity index (χ4n) is 2.19. The number of nitrogens with zero attached hydrogens (tertiary/aromatic N) is 2. The van der Waals surface area contributed by atoms with Gasteiger partial charge in [0, 0.05) is 17.0 Å². The second-order valence-electron chi connectivity index (χ2n) is 5.48. The molecule has 24 heavy (non-hydrogen) atoms. The molecule has 0 saturated carbocycles. The molecule has 1 aromatic carbocycles. The highest BCUT2D eigenvalue weighted by Crippen LogP contribution is 2.19. The van der Waals surface area contributed by atoms with E-state index < -0.39 is 0 Å². The predicted octanol–water partition coefficient (Wildman–Crippen LogP) is 3.80. The van der Waals surface area contributed by atoms with E-state index in [2.05, 4.69) is 26.6 Å². The van der Waals surface area contributed by atoms with Gasteiger partial charge in [-0.05, 0) is 42.5 Å². The fourth-order valence-corrected chi connectivity index (χ4v) is 3.51. The molecule has 2 heterocycles. The minimum Gasteiger partial charge on any atom is -0.325 e. The highest BCUT2D eigenvalue weighted by atomic mass is 32.2. The minimum atomic E-state index is -0.0571. The zero-order chi connectivity index (χ0) is 16.9. The summed E-state index contributed by atoms with van der Waals surface area (Å²) in [6.45, 7) is 3.99. The second-order valence-corrected chi connectivity index (χ2v) is 7.45. The Balaban J connectivity index is 1.53. The van der Waals surface area contributed by atoms with Crippen LogP contribution in [0.2, 0.25) is 0 Å². The van der Waals surface area contributed by atoms with Gasteiger partial charge in [-0.15, -0.1) is 16.4 Å². The second kappa shape index (κ2) is 7.63. The highest BCUT2D eigenvalue weighted by Gasteiger charge is 2.10. The summed E-state index contributed by atoms with van der Waals surface area (Å²) in [6.07, 6.45) is 0.736. The first-order valence-corrected chi connectivity index (χ1v) is 9.40. The Hall–Kier alpha value is -2.12. The largest absolute Gasteiger partial charge is 0.325 e. The predicted molar refractivity (Wildman–Crippen MR) is 98.8 cm³/mol. The number of hydrogen-bond acceptors (Lipinski definition) is 5. The van der Waals surface area contributed by atoms with Crippen LogP contribution in [0.15, 0.2) is 40.9 Å². The van der Waals surface area contributed by atoms with E-state index in [4.69, 9.17) is 0 Å². The van der Waals surface area contributed by atoms with Gasteiger partial charge in [0.1, 0.15) is 5.82 Å². The number of aromatic nitrogens is 3. The van der Waals surface area contributed by atoms with E-state index in [0.717, 1.165) is 29.1 Å². The van der Waals surface area contributed by atoms with Crippen LogP contribution in [0.25, 0.3) is 0 Å². The molecule has 0 bridgehead atoms. The molecule has 0 aliphatic rings. The number of thioether (sulfide) groups is 1. The van der Waals surface area contributed by atoms with Crippen LogP contribution < -0.4 is 5.32 Å². The molecule has 0 aliphatic heterocycles. The van der Waals surface area contributed by atoms with E-state index in [9.17, 15) is 4.79 Å². The van der Waals surface area contributed by atoms with Crippen LogP contribution in [0, 0.1) is 13.8 Å². The van der Waals surface area contributed by atoms with Gasteiger partial charge in [-0.1, -0.05) is 30.0 Å². The summed E-state index contributed by atoms with van der Waals surface area (Å²) in [7, 11) is 0. The van der Waals surface area contributed by atoms with Crippen molar-refractivity contribution in [2.24, 2.45) is 0 Å². The van der Waals surface area contributed by atoms with Gasteiger partial charge in [-0.3, -0.25) is 9.89 Å². The van der Waals surface area contributed by atoms with E-state index in [1.165, 1.54) is 16.6 Å². The summed E-state index contributed by atoms with van der Waals surface area (Å²) in [5.41, 5.74) is 3.03. The standard InChI is InChI=1S/C17H18N4OS2/c1-11-5-6-12(2)14(8-11)18-16(22)10-24-17-19-15(20-21-17)9-13-4-3-7-23-13/h3-8H,9-10H2,1-2H3,(H,18,22)(H,19,20,21). The molecule has 124 valence electrons. The van der Waals surface area contributed by atoms with Crippen LogP contribution >= 0.6 is 23.1 Å². The summed E-state index contributed by atoms with van der Waals surface area (Å²) < 4.78 is 0. The van der Waals surface area contributed by atoms with Crippen LogP contribution in [-0.4, -0.2) is 26.8 Å². The molecule has 0 fully saturated rings. The van der Waals surface area contributed by atoms with Gasteiger partial charge in [0.2, 0.25) is 11.1 Å². The van der Waals surface area contributed by atoms with Crippen molar-refractivity contribution in [1.29, 1.82) is 0 Å². The van der Waals surface area contributed by atoms with Crippen LogP contribution in [0.3, 0.4) is 0 Å². The van der Waals surface area contributed by atoms with E-state index in [-0.39, 0.29) is 11.7 Å². The molecule has 3 aromatic rings. The Labute approximate surface area is 148 Å². The topological polar surface area (TPSA) is 70.7 Å². The number of thiophene rings is 1. The molecule has 0 unspecified atom stereocenters. The number of aryl methyl sites for hydroxylation is 2. The molecule has 7 heteroatoms. The summed E-state index contributed by atoms with van der Waals surface area (Å²) in [5, 5.41) is 12.7. The molecular weight excluding hydrogens is 340 g/mol.